The average Bonchev–Trinajstić information content (AvgIpc) is 2.79. The first-order valence-corrected chi connectivity index (χ1v) is 10.9. The van der Waals surface area contributed by atoms with Gasteiger partial charge in [-0.25, -0.2) is 14.4 Å². The Bertz CT molecular complexity index is 1070. The fraction of sp³-hybridized carbons (Fsp3) is 0.292. The third-order valence-electron chi connectivity index (χ3n) is 5.43. The van der Waals surface area contributed by atoms with E-state index >= 15 is 0 Å². The molecule has 0 bridgehead atoms. The van der Waals surface area contributed by atoms with E-state index in [2.05, 4.69) is 20.6 Å². The van der Waals surface area contributed by atoms with E-state index in [4.69, 9.17) is 11.6 Å². The molecule has 0 amide bonds. The highest BCUT2D eigenvalue weighted by atomic mass is 35.5. The Balaban J connectivity index is 1.58. The van der Waals surface area contributed by atoms with Crippen LogP contribution in [0.3, 0.4) is 0 Å². The van der Waals surface area contributed by atoms with Gasteiger partial charge in [-0.3, -0.25) is 4.79 Å². The van der Waals surface area contributed by atoms with E-state index in [0.29, 0.717) is 40.2 Å². The van der Waals surface area contributed by atoms with E-state index < -0.39 is 0 Å². The molecule has 2 aromatic heterocycles. The van der Waals surface area contributed by atoms with Crippen LogP contribution in [-0.2, 0) is 6.54 Å². The fourth-order valence-electron chi connectivity index (χ4n) is 3.86. The van der Waals surface area contributed by atoms with Gasteiger partial charge in [-0.05, 0) is 48.7 Å². The second-order valence-electron chi connectivity index (χ2n) is 7.80. The van der Waals surface area contributed by atoms with Gasteiger partial charge in [0.15, 0.2) is 0 Å². The van der Waals surface area contributed by atoms with Gasteiger partial charge in [0.25, 0.3) is 0 Å². The molecule has 0 saturated heterocycles. The maximum atomic E-state index is 13.4. The van der Waals surface area contributed by atoms with Crippen molar-refractivity contribution in [2.24, 2.45) is 0 Å². The van der Waals surface area contributed by atoms with Crippen LogP contribution in [-0.4, -0.2) is 22.3 Å². The highest BCUT2D eigenvalue weighted by Crippen LogP contribution is 2.31. The van der Waals surface area contributed by atoms with Crippen LogP contribution >= 0.6 is 11.6 Å². The third-order valence-corrected chi connectivity index (χ3v) is 5.74. The standard InChI is InChI=1S/C24H24ClFN4O/c25-21-14-28-24(29-19-7-2-1-3-8-19)12-20(21)22-10-17(15-31)11-23(30-22)27-13-16-5-4-6-18(26)9-16/h4-6,9-12,14-15,19H,1-3,7-8,13H2,(H,27,30)(H,28,29). The molecule has 1 saturated carbocycles. The van der Waals surface area contributed by atoms with Crippen LogP contribution in [0, 0.1) is 5.82 Å². The fourth-order valence-corrected chi connectivity index (χ4v) is 4.06. The summed E-state index contributed by atoms with van der Waals surface area (Å²) in [6.07, 6.45) is 8.37. The molecule has 4 rings (SSSR count). The monoisotopic (exact) mass is 438 g/mol. The van der Waals surface area contributed by atoms with Crippen LogP contribution in [0.2, 0.25) is 5.02 Å². The molecule has 1 aliphatic carbocycles. The average molecular weight is 439 g/mol. The number of nitrogens with zero attached hydrogens (tertiary/aromatic N) is 2. The van der Waals surface area contributed by atoms with Crippen molar-refractivity contribution in [2.75, 3.05) is 10.6 Å². The van der Waals surface area contributed by atoms with Gasteiger partial charge >= 0.3 is 0 Å². The lowest BCUT2D eigenvalue weighted by Gasteiger charge is -2.23. The Morgan fingerprint density at radius 2 is 1.94 bits per heavy atom. The molecule has 0 radical (unpaired) electrons. The minimum Gasteiger partial charge on any atom is -0.367 e. The normalized spacial score (nSPS) is 14.3. The molecule has 5 nitrogen and oxygen atoms in total. The van der Waals surface area contributed by atoms with Crippen LogP contribution in [0.15, 0.2) is 48.7 Å². The first-order chi connectivity index (χ1) is 15.1. The smallest absolute Gasteiger partial charge is 0.150 e. The summed E-state index contributed by atoms with van der Waals surface area (Å²) in [6, 6.07) is 12.0. The molecular weight excluding hydrogens is 415 g/mol. The van der Waals surface area contributed by atoms with Crippen LogP contribution < -0.4 is 10.6 Å². The molecule has 31 heavy (non-hydrogen) atoms. The van der Waals surface area contributed by atoms with Gasteiger partial charge in [0.05, 0.1) is 10.7 Å². The molecule has 7 heteroatoms. The number of aldehydes is 1. The molecule has 1 aromatic carbocycles. The predicted molar refractivity (Wildman–Crippen MR) is 122 cm³/mol. The first kappa shape index (κ1) is 21.2. The van der Waals surface area contributed by atoms with E-state index in [9.17, 15) is 9.18 Å². The zero-order chi connectivity index (χ0) is 21.6. The molecule has 0 atom stereocenters. The number of nitrogens with one attached hydrogen (secondary N) is 2. The van der Waals surface area contributed by atoms with Crippen molar-refractivity contribution in [2.45, 2.75) is 44.7 Å². The Hall–Kier alpha value is -2.99. The van der Waals surface area contributed by atoms with Crippen LogP contribution in [0.5, 0.6) is 0 Å². The maximum absolute atomic E-state index is 13.4. The lowest BCUT2D eigenvalue weighted by molar-refractivity contribution is 0.112. The topological polar surface area (TPSA) is 66.9 Å². The quantitative estimate of drug-likeness (QED) is 0.436. The summed E-state index contributed by atoms with van der Waals surface area (Å²) in [6.45, 7) is 0.380. The molecule has 0 unspecified atom stereocenters. The highest BCUT2D eigenvalue weighted by molar-refractivity contribution is 6.33. The van der Waals surface area contributed by atoms with Gasteiger partial charge in [0.1, 0.15) is 23.7 Å². The molecule has 1 aliphatic rings. The lowest BCUT2D eigenvalue weighted by Crippen LogP contribution is -2.22. The number of carbonyl (C=O) groups is 1. The Morgan fingerprint density at radius 3 is 2.71 bits per heavy atom. The summed E-state index contributed by atoms with van der Waals surface area (Å²) in [5, 5.41) is 7.12. The number of anilines is 2. The zero-order valence-electron chi connectivity index (χ0n) is 17.1. The van der Waals surface area contributed by atoms with Crippen molar-refractivity contribution >= 4 is 29.5 Å². The number of rotatable bonds is 7. The summed E-state index contributed by atoms with van der Waals surface area (Å²) in [5.74, 6) is 0.966. The van der Waals surface area contributed by atoms with E-state index in [1.165, 1.54) is 31.4 Å². The minimum absolute atomic E-state index is 0.295. The van der Waals surface area contributed by atoms with Crippen molar-refractivity contribution < 1.29 is 9.18 Å². The lowest BCUT2D eigenvalue weighted by atomic mass is 9.95. The predicted octanol–water partition coefficient (Wildman–Crippen LogP) is 6.11. The SMILES string of the molecule is O=Cc1cc(NCc2cccc(F)c2)nc(-c2cc(NC3CCCCC3)ncc2Cl)c1. The van der Waals surface area contributed by atoms with E-state index in [1.807, 2.05) is 12.1 Å². The molecular formula is C24H24ClFN4O. The number of pyridine rings is 2. The van der Waals surface area contributed by atoms with Crippen molar-refractivity contribution in [3.63, 3.8) is 0 Å². The summed E-state index contributed by atoms with van der Waals surface area (Å²) >= 11 is 6.43. The number of halogens is 2. The van der Waals surface area contributed by atoms with Crippen molar-refractivity contribution in [3.05, 3.63) is 70.6 Å². The van der Waals surface area contributed by atoms with Gasteiger partial charge in [-0.2, -0.15) is 0 Å². The third kappa shape index (κ3) is 5.58. The van der Waals surface area contributed by atoms with Crippen molar-refractivity contribution in [3.8, 4) is 11.3 Å². The van der Waals surface area contributed by atoms with Gasteiger partial charge in [-0.1, -0.05) is 43.0 Å². The molecule has 2 heterocycles. The van der Waals surface area contributed by atoms with Crippen molar-refractivity contribution in [1.82, 2.24) is 9.97 Å². The molecule has 2 N–H and O–H groups in total. The maximum Gasteiger partial charge on any atom is 0.150 e. The summed E-state index contributed by atoms with van der Waals surface area (Å²) in [4.78, 5) is 20.6. The molecule has 0 aliphatic heterocycles. The summed E-state index contributed by atoms with van der Waals surface area (Å²) in [7, 11) is 0. The molecule has 0 spiro atoms. The zero-order valence-corrected chi connectivity index (χ0v) is 17.8. The van der Waals surface area contributed by atoms with E-state index in [1.54, 1.807) is 24.4 Å². The molecule has 160 valence electrons. The number of benzene rings is 1. The number of aromatic nitrogens is 2. The Morgan fingerprint density at radius 1 is 1.10 bits per heavy atom. The number of carbonyl (C=O) groups excluding carboxylic acids is 1. The van der Waals surface area contributed by atoms with Crippen LogP contribution in [0.25, 0.3) is 11.3 Å². The van der Waals surface area contributed by atoms with Crippen LogP contribution in [0.4, 0.5) is 16.0 Å². The number of hydrogen-bond acceptors (Lipinski definition) is 5. The first-order valence-electron chi connectivity index (χ1n) is 10.5. The van der Waals surface area contributed by atoms with Crippen LogP contribution in [0.1, 0.15) is 48.0 Å². The molecule has 1 fully saturated rings. The van der Waals surface area contributed by atoms with E-state index in [0.717, 1.165) is 30.5 Å². The van der Waals surface area contributed by atoms with E-state index in [-0.39, 0.29) is 5.82 Å². The van der Waals surface area contributed by atoms with Gasteiger partial charge in [0, 0.05) is 29.9 Å². The van der Waals surface area contributed by atoms with Gasteiger partial charge < -0.3 is 10.6 Å². The summed E-state index contributed by atoms with van der Waals surface area (Å²) in [5.41, 5.74) is 2.53. The second kappa shape index (κ2) is 9.88. The summed E-state index contributed by atoms with van der Waals surface area (Å²) < 4.78 is 13.4. The van der Waals surface area contributed by atoms with Crippen molar-refractivity contribution in [1.29, 1.82) is 0 Å². The van der Waals surface area contributed by atoms with Gasteiger partial charge in [0.2, 0.25) is 0 Å². The highest BCUT2D eigenvalue weighted by Gasteiger charge is 2.15. The van der Waals surface area contributed by atoms with Gasteiger partial charge in [-0.15, -0.1) is 0 Å². The number of hydrogen-bond donors (Lipinski definition) is 2. The molecule has 3 aromatic rings. The largest absolute Gasteiger partial charge is 0.367 e. The Kier molecular flexibility index (Phi) is 6.77. The Labute approximate surface area is 186 Å². The minimum atomic E-state index is -0.295. The second-order valence-corrected chi connectivity index (χ2v) is 8.21.